The molecule has 0 bridgehead atoms. The van der Waals surface area contributed by atoms with E-state index in [1.165, 1.54) is 23.5 Å². The number of piperidine rings is 1. The van der Waals surface area contributed by atoms with Crippen molar-refractivity contribution >= 4 is 62.5 Å². The number of rotatable bonds is 15. The van der Waals surface area contributed by atoms with Gasteiger partial charge in [-0.15, -0.1) is 11.3 Å². The fourth-order valence-electron chi connectivity index (χ4n) is 8.88. The molecule has 330 valence electrons. The minimum absolute atomic E-state index is 0.129. The van der Waals surface area contributed by atoms with Crippen LogP contribution in [0.25, 0.3) is 10.2 Å². The van der Waals surface area contributed by atoms with Gasteiger partial charge in [0.25, 0.3) is 17.7 Å². The topological polar surface area (TPSA) is 208 Å². The van der Waals surface area contributed by atoms with Crippen molar-refractivity contribution in [2.45, 2.75) is 95.4 Å². The predicted molar refractivity (Wildman–Crippen MR) is 226 cm³/mol. The number of hydrogen-bond donors (Lipinski definition) is 5. The summed E-state index contributed by atoms with van der Waals surface area (Å²) >= 11 is 1.53. The van der Waals surface area contributed by atoms with Gasteiger partial charge in [0.1, 0.15) is 17.4 Å². The van der Waals surface area contributed by atoms with Crippen LogP contribution >= 0.6 is 11.3 Å². The number of pyridine rings is 1. The molecule has 4 heterocycles. The zero-order valence-corrected chi connectivity index (χ0v) is 35.3. The highest BCUT2D eigenvalue weighted by Crippen LogP contribution is 2.42. The number of anilines is 2. The highest BCUT2D eigenvalue weighted by Gasteiger charge is 2.44. The summed E-state index contributed by atoms with van der Waals surface area (Å²) < 4.78 is 40.6. The first kappa shape index (κ1) is 44.6. The van der Waals surface area contributed by atoms with Gasteiger partial charge in [-0.05, 0) is 127 Å². The molecule has 6 N–H and O–H groups in total. The molecule has 3 aliphatic rings. The third kappa shape index (κ3) is 9.92. The van der Waals surface area contributed by atoms with Gasteiger partial charge in [-0.3, -0.25) is 24.1 Å². The summed E-state index contributed by atoms with van der Waals surface area (Å²) in [4.78, 5) is 74.6. The number of nitrogens with two attached hydrogens (primary N) is 1. The molecule has 1 saturated heterocycles. The SMILES string of the molecule is CC(C)(O)c1cc2nc(C3CCC(CN4CCC(CCNc5cccc6c5C(=O)N(C(CCC(N)=O)C(=O)O)C6=O)CC4)CC3)sc2cc1NC(=O)c1cccc(C(F)(F)F)n1. The van der Waals surface area contributed by atoms with Crippen LogP contribution in [0.3, 0.4) is 0 Å². The minimum Gasteiger partial charge on any atom is -0.480 e. The number of fused-ring (bicyclic) bond motifs is 2. The summed E-state index contributed by atoms with van der Waals surface area (Å²) in [5.41, 5.74) is 4.35. The second-order valence-corrected chi connectivity index (χ2v) is 18.1. The van der Waals surface area contributed by atoms with Crippen LogP contribution in [-0.2, 0) is 21.4 Å². The molecule has 1 saturated carbocycles. The van der Waals surface area contributed by atoms with Crippen LogP contribution in [0, 0.1) is 11.8 Å². The number of aromatic nitrogens is 2. The molecule has 1 aliphatic carbocycles. The molecular weight excluding hydrogens is 828 g/mol. The Morgan fingerprint density at radius 3 is 2.31 bits per heavy atom. The van der Waals surface area contributed by atoms with Gasteiger partial charge in [0.2, 0.25) is 5.91 Å². The van der Waals surface area contributed by atoms with Crippen LogP contribution in [0.15, 0.2) is 48.5 Å². The van der Waals surface area contributed by atoms with Crippen LogP contribution in [0.4, 0.5) is 24.5 Å². The average molecular weight is 878 g/mol. The van der Waals surface area contributed by atoms with E-state index in [2.05, 4.69) is 20.5 Å². The Balaban J connectivity index is 0.888. The third-order valence-corrected chi connectivity index (χ3v) is 13.4. The number of aliphatic hydroxyl groups is 1. The molecule has 62 heavy (non-hydrogen) atoms. The quantitative estimate of drug-likeness (QED) is 0.0769. The zero-order valence-electron chi connectivity index (χ0n) is 34.5. The number of likely N-dealkylation sites (tertiary alicyclic amines) is 1. The maximum atomic E-state index is 13.4. The van der Waals surface area contributed by atoms with Crippen molar-refractivity contribution < 1.29 is 47.4 Å². The predicted octanol–water partition coefficient (Wildman–Crippen LogP) is 6.99. The lowest BCUT2D eigenvalue weighted by atomic mass is 9.81. The van der Waals surface area contributed by atoms with Crippen molar-refractivity contribution in [3.8, 4) is 0 Å². The van der Waals surface area contributed by atoms with Gasteiger partial charge in [-0.25, -0.2) is 14.8 Å². The third-order valence-electron chi connectivity index (χ3n) is 12.2. The molecule has 4 amide bonds. The van der Waals surface area contributed by atoms with Gasteiger partial charge < -0.3 is 31.5 Å². The van der Waals surface area contributed by atoms with E-state index in [1.54, 1.807) is 38.1 Å². The molecular formula is C44H50F3N7O7S. The summed E-state index contributed by atoms with van der Waals surface area (Å²) in [7, 11) is 0. The number of primary amides is 1. The number of hydrogen-bond acceptors (Lipinski definition) is 11. The van der Waals surface area contributed by atoms with Crippen LogP contribution in [0.1, 0.15) is 125 Å². The van der Waals surface area contributed by atoms with E-state index in [1.807, 2.05) is 0 Å². The zero-order chi connectivity index (χ0) is 44.5. The molecule has 0 spiro atoms. The van der Waals surface area contributed by atoms with Gasteiger partial charge in [0, 0.05) is 42.4 Å². The monoisotopic (exact) mass is 877 g/mol. The first-order valence-corrected chi connectivity index (χ1v) is 21.7. The van der Waals surface area contributed by atoms with Crippen LogP contribution in [0.2, 0.25) is 0 Å². The van der Waals surface area contributed by atoms with Gasteiger partial charge in [-0.1, -0.05) is 12.1 Å². The number of amides is 4. The second kappa shape index (κ2) is 18.1. The van der Waals surface area contributed by atoms with Gasteiger partial charge in [0.05, 0.1) is 32.0 Å². The molecule has 18 heteroatoms. The number of carbonyl (C=O) groups excluding carboxylic acids is 4. The van der Waals surface area contributed by atoms with E-state index in [-0.39, 0.29) is 35.6 Å². The summed E-state index contributed by atoms with van der Waals surface area (Å²) in [6.45, 7) is 6.71. The number of alkyl halides is 3. The van der Waals surface area contributed by atoms with Crippen molar-refractivity contribution in [1.29, 1.82) is 0 Å². The molecule has 2 aromatic carbocycles. The lowest BCUT2D eigenvalue weighted by molar-refractivity contribution is -0.142. The number of benzene rings is 2. The fourth-order valence-corrected chi connectivity index (χ4v) is 10.0. The fraction of sp³-hybridized carbons (Fsp3) is 0.477. The average Bonchev–Trinajstić information content (AvgIpc) is 3.75. The lowest BCUT2D eigenvalue weighted by Gasteiger charge is -2.36. The molecule has 14 nitrogen and oxygen atoms in total. The molecule has 2 aromatic heterocycles. The first-order valence-electron chi connectivity index (χ1n) is 20.9. The number of imide groups is 1. The normalized spacial score (nSPS) is 19.4. The summed E-state index contributed by atoms with van der Waals surface area (Å²) in [6, 6.07) is 9.96. The van der Waals surface area contributed by atoms with Gasteiger partial charge in [-0.2, -0.15) is 13.2 Å². The number of halogens is 3. The summed E-state index contributed by atoms with van der Waals surface area (Å²) in [6.07, 6.45) is 1.78. The number of nitrogens with zero attached hydrogens (tertiary/aromatic N) is 4. The molecule has 0 radical (unpaired) electrons. The molecule has 2 aliphatic heterocycles. The van der Waals surface area contributed by atoms with Crippen molar-refractivity contribution in [2.24, 2.45) is 17.6 Å². The molecule has 7 rings (SSSR count). The smallest absolute Gasteiger partial charge is 0.433 e. The Morgan fingerprint density at radius 2 is 1.65 bits per heavy atom. The summed E-state index contributed by atoms with van der Waals surface area (Å²) in [5.74, 6) is -3.03. The number of carboxylic acids is 1. The standard InChI is InChI=1S/C44H50F3N7O7S/c1-43(2,61)28-21-32-34(22-31(28)51-38(56)30-7-4-8-35(50-30)44(45,46)47)62-39(52-32)26-11-9-25(10-12-26)23-53-19-16-24(17-20-53)15-18-49-29-6-3-5-27-37(29)41(58)54(40(27)57)33(42(59)60)13-14-36(48)55/h3-8,21-22,24-26,33,49,61H,9-20,23H2,1-2H3,(H2,48,55)(H,51,56)(H,59,60). The maximum Gasteiger partial charge on any atom is 0.433 e. The first-order chi connectivity index (χ1) is 29.4. The number of carbonyl (C=O) groups is 5. The van der Waals surface area contributed by atoms with Crippen molar-refractivity contribution in [1.82, 2.24) is 19.8 Å². The Morgan fingerprint density at radius 1 is 0.935 bits per heavy atom. The van der Waals surface area contributed by atoms with E-state index >= 15 is 0 Å². The number of thiazole rings is 1. The van der Waals surface area contributed by atoms with E-state index in [9.17, 15) is 47.4 Å². The number of carboxylic acid groups (broad SMARTS) is 1. The highest BCUT2D eigenvalue weighted by molar-refractivity contribution is 7.18. The van der Waals surface area contributed by atoms with Crippen LogP contribution < -0.4 is 16.4 Å². The Hall–Kier alpha value is -5.46. The highest BCUT2D eigenvalue weighted by atomic mass is 32.1. The Bertz CT molecular complexity index is 2370. The lowest BCUT2D eigenvalue weighted by Crippen LogP contribution is -2.45. The number of nitrogens with one attached hydrogen (secondary N) is 2. The van der Waals surface area contributed by atoms with Crippen molar-refractivity contribution in [3.63, 3.8) is 0 Å². The van der Waals surface area contributed by atoms with Gasteiger partial charge >= 0.3 is 12.1 Å². The van der Waals surface area contributed by atoms with Crippen LogP contribution in [-0.4, -0.2) is 91.8 Å². The molecule has 1 unspecified atom stereocenters. The van der Waals surface area contributed by atoms with E-state index in [4.69, 9.17) is 10.7 Å². The van der Waals surface area contributed by atoms with Crippen molar-refractivity contribution in [3.05, 3.63) is 81.6 Å². The summed E-state index contributed by atoms with van der Waals surface area (Å²) in [5, 5.41) is 27.7. The Labute approximate surface area is 360 Å². The van der Waals surface area contributed by atoms with Gasteiger partial charge in [0.15, 0.2) is 0 Å². The maximum absolute atomic E-state index is 13.4. The minimum atomic E-state index is -4.70. The van der Waals surface area contributed by atoms with E-state index < -0.39 is 58.8 Å². The van der Waals surface area contributed by atoms with E-state index in [0.717, 1.165) is 91.3 Å². The molecule has 1 atom stereocenters. The molecule has 4 aromatic rings. The van der Waals surface area contributed by atoms with E-state index in [0.29, 0.717) is 35.1 Å². The van der Waals surface area contributed by atoms with Crippen molar-refractivity contribution in [2.75, 3.05) is 36.8 Å². The largest absolute Gasteiger partial charge is 0.480 e. The number of aliphatic carboxylic acids is 1. The molecule has 2 fully saturated rings. The van der Waals surface area contributed by atoms with Crippen LogP contribution in [0.5, 0.6) is 0 Å². The Kier molecular flexibility index (Phi) is 13.0. The second-order valence-electron chi connectivity index (χ2n) is 17.1.